The Morgan fingerprint density at radius 1 is 1.15 bits per heavy atom. The zero-order valence-electron chi connectivity index (χ0n) is 11.2. The second kappa shape index (κ2) is 5.52. The first-order valence-corrected chi connectivity index (χ1v) is 6.03. The Balaban J connectivity index is 2.27. The topological polar surface area (TPSA) is 70.5 Å². The Kier molecular flexibility index (Phi) is 3.79. The summed E-state index contributed by atoms with van der Waals surface area (Å²) in [7, 11) is 1.68. The quantitative estimate of drug-likeness (QED) is 0.929. The molecule has 102 valence electrons. The molecule has 0 radical (unpaired) electrons. The van der Waals surface area contributed by atoms with Crippen molar-refractivity contribution < 1.29 is 14.7 Å². The summed E-state index contributed by atoms with van der Waals surface area (Å²) in [6, 6.07) is 10.3. The summed E-state index contributed by atoms with van der Waals surface area (Å²) in [5.41, 5.74) is 2.05. The molecule has 1 aromatic carbocycles. The molecule has 5 heteroatoms. The minimum Gasteiger partial charge on any atom is -0.477 e. The highest BCUT2D eigenvalue weighted by Gasteiger charge is 2.16. The van der Waals surface area contributed by atoms with Gasteiger partial charge in [-0.15, -0.1) is 0 Å². The highest BCUT2D eigenvalue weighted by Crippen LogP contribution is 2.19. The zero-order valence-corrected chi connectivity index (χ0v) is 11.2. The van der Waals surface area contributed by atoms with Crippen LogP contribution in [-0.2, 0) is 0 Å². The second-order valence-electron chi connectivity index (χ2n) is 4.39. The fraction of sp³-hybridized carbons (Fsp3) is 0.133. The van der Waals surface area contributed by atoms with Gasteiger partial charge in [-0.2, -0.15) is 0 Å². The van der Waals surface area contributed by atoms with E-state index < -0.39 is 5.97 Å². The second-order valence-corrected chi connectivity index (χ2v) is 4.39. The number of carboxylic acids is 1. The summed E-state index contributed by atoms with van der Waals surface area (Å²) in [6.07, 6.45) is 1.28. The van der Waals surface area contributed by atoms with E-state index in [0.29, 0.717) is 5.56 Å². The van der Waals surface area contributed by atoms with Gasteiger partial charge in [0.05, 0.1) is 5.56 Å². The van der Waals surface area contributed by atoms with Crippen LogP contribution in [0.2, 0.25) is 0 Å². The van der Waals surface area contributed by atoms with Crippen LogP contribution in [0, 0.1) is 6.92 Å². The molecule has 1 heterocycles. The van der Waals surface area contributed by atoms with E-state index >= 15 is 0 Å². The Morgan fingerprint density at radius 3 is 2.40 bits per heavy atom. The third-order valence-corrected chi connectivity index (χ3v) is 3.01. The zero-order chi connectivity index (χ0) is 14.7. The SMILES string of the molecule is Cc1ccccc1N(C)C(=O)c1ccc(C(=O)O)nc1. The smallest absolute Gasteiger partial charge is 0.354 e. The van der Waals surface area contributed by atoms with Crippen LogP contribution in [0.3, 0.4) is 0 Å². The summed E-state index contributed by atoms with van der Waals surface area (Å²) in [5, 5.41) is 8.78. The Bertz CT molecular complexity index is 650. The van der Waals surface area contributed by atoms with Crippen molar-refractivity contribution >= 4 is 17.6 Å². The minimum atomic E-state index is -1.11. The van der Waals surface area contributed by atoms with Crippen LogP contribution < -0.4 is 4.90 Å². The van der Waals surface area contributed by atoms with Gasteiger partial charge in [-0.25, -0.2) is 9.78 Å². The summed E-state index contributed by atoms with van der Waals surface area (Å²) in [4.78, 5) is 28.3. The van der Waals surface area contributed by atoms with E-state index in [-0.39, 0.29) is 11.6 Å². The molecule has 1 N–H and O–H groups in total. The van der Waals surface area contributed by atoms with Crippen LogP contribution >= 0.6 is 0 Å². The predicted octanol–water partition coefficient (Wildman–Crippen LogP) is 2.36. The van der Waals surface area contributed by atoms with Gasteiger partial charge in [0.15, 0.2) is 0 Å². The molecule has 0 spiro atoms. The molecular weight excluding hydrogens is 256 g/mol. The van der Waals surface area contributed by atoms with Crippen molar-refractivity contribution in [2.24, 2.45) is 0 Å². The number of pyridine rings is 1. The molecule has 2 rings (SSSR count). The van der Waals surface area contributed by atoms with Crippen LogP contribution in [0.25, 0.3) is 0 Å². The van der Waals surface area contributed by atoms with E-state index in [1.807, 2.05) is 31.2 Å². The maximum atomic E-state index is 12.3. The monoisotopic (exact) mass is 270 g/mol. The number of aryl methyl sites for hydroxylation is 1. The molecule has 0 unspecified atom stereocenters. The average Bonchev–Trinajstić information content (AvgIpc) is 2.46. The van der Waals surface area contributed by atoms with Crippen molar-refractivity contribution in [2.45, 2.75) is 6.92 Å². The van der Waals surface area contributed by atoms with Gasteiger partial charge in [0.2, 0.25) is 0 Å². The number of hydrogen-bond donors (Lipinski definition) is 1. The number of aromatic nitrogens is 1. The number of para-hydroxylation sites is 1. The molecular formula is C15H14N2O3. The van der Waals surface area contributed by atoms with Crippen molar-refractivity contribution in [1.82, 2.24) is 4.98 Å². The number of hydrogen-bond acceptors (Lipinski definition) is 3. The molecule has 0 fully saturated rings. The number of amides is 1. The summed E-state index contributed by atoms with van der Waals surface area (Å²) in [6.45, 7) is 1.92. The summed E-state index contributed by atoms with van der Waals surface area (Å²) >= 11 is 0. The molecule has 0 saturated carbocycles. The van der Waals surface area contributed by atoms with E-state index in [1.165, 1.54) is 23.2 Å². The molecule has 1 aromatic heterocycles. The lowest BCUT2D eigenvalue weighted by atomic mass is 10.1. The molecule has 0 saturated heterocycles. The van der Waals surface area contributed by atoms with Gasteiger partial charge >= 0.3 is 5.97 Å². The molecule has 20 heavy (non-hydrogen) atoms. The van der Waals surface area contributed by atoms with Crippen molar-refractivity contribution in [3.05, 3.63) is 59.4 Å². The Labute approximate surface area is 116 Å². The number of carboxylic acid groups (broad SMARTS) is 1. The lowest BCUT2D eigenvalue weighted by Crippen LogP contribution is -2.27. The van der Waals surface area contributed by atoms with Gasteiger partial charge in [-0.1, -0.05) is 18.2 Å². The van der Waals surface area contributed by atoms with E-state index in [1.54, 1.807) is 7.05 Å². The maximum absolute atomic E-state index is 12.3. The van der Waals surface area contributed by atoms with E-state index in [2.05, 4.69) is 4.98 Å². The molecule has 0 aliphatic heterocycles. The molecule has 0 aliphatic rings. The average molecular weight is 270 g/mol. The number of carbonyl (C=O) groups excluding carboxylic acids is 1. The van der Waals surface area contributed by atoms with E-state index in [0.717, 1.165) is 11.3 Å². The predicted molar refractivity (Wildman–Crippen MR) is 75.1 cm³/mol. The minimum absolute atomic E-state index is 0.0832. The van der Waals surface area contributed by atoms with Gasteiger partial charge in [0, 0.05) is 18.9 Å². The van der Waals surface area contributed by atoms with Crippen molar-refractivity contribution in [2.75, 3.05) is 11.9 Å². The Morgan fingerprint density at radius 2 is 1.85 bits per heavy atom. The van der Waals surface area contributed by atoms with Crippen LogP contribution in [0.1, 0.15) is 26.4 Å². The van der Waals surface area contributed by atoms with Crippen molar-refractivity contribution in [1.29, 1.82) is 0 Å². The highest BCUT2D eigenvalue weighted by atomic mass is 16.4. The molecule has 1 amide bonds. The lowest BCUT2D eigenvalue weighted by Gasteiger charge is -2.19. The van der Waals surface area contributed by atoms with E-state index in [4.69, 9.17) is 5.11 Å². The first kappa shape index (κ1) is 13.7. The molecule has 0 atom stereocenters. The molecule has 5 nitrogen and oxygen atoms in total. The number of carbonyl (C=O) groups is 2. The van der Waals surface area contributed by atoms with Gasteiger partial charge in [0.25, 0.3) is 5.91 Å². The molecule has 0 aliphatic carbocycles. The van der Waals surface area contributed by atoms with Gasteiger partial charge in [0.1, 0.15) is 5.69 Å². The standard InChI is InChI=1S/C15H14N2O3/c1-10-5-3-4-6-13(10)17(2)14(18)11-7-8-12(15(19)20)16-9-11/h3-9H,1-2H3,(H,19,20). The van der Waals surface area contributed by atoms with Crippen molar-refractivity contribution in [3.63, 3.8) is 0 Å². The van der Waals surface area contributed by atoms with Gasteiger partial charge in [-0.05, 0) is 30.7 Å². The number of rotatable bonds is 3. The fourth-order valence-electron chi connectivity index (χ4n) is 1.89. The van der Waals surface area contributed by atoms with Crippen LogP contribution in [-0.4, -0.2) is 29.0 Å². The third-order valence-electron chi connectivity index (χ3n) is 3.01. The largest absolute Gasteiger partial charge is 0.477 e. The number of anilines is 1. The van der Waals surface area contributed by atoms with Crippen LogP contribution in [0.5, 0.6) is 0 Å². The van der Waals surface area contributed by atoms with Crippen LogP contribution in [0.15, 0.2) is 42.6 Å². The Hall–Kier alpha value is -2.69. The first-order valence-electron chi connectivity index (χ1n) is 6.03. The summed E-state index contributed by atoms with van der Waals surface area (Å²) < 4.78 is 0. The van der Waals surface area contributed by atoms with Gasteiger partial charge < -0.3 is 10.0 Å². The normalized spacial score (nSPS) is 10.1. The van der Waals surface area contributed by atoms with Crippen LogP contribution in [0.4, 0.5) is 5.69 Å². The fourth-order valence-corrected chi connectivity index (χ4v) is 1.89. The third kappa shape index (κ3) is 2.66. The molecule has 2 aromatic rings. The highest BCUT2D eigenvalue weighted by molar-refractivity contribution is 6.06. The lowest BCUT2D eigenvalue weighted by molar-refractivity contribution is 0.0690. The maximum Gasteiger partial charge on any atom is 0.354 e. The van der Waals surface area contributed by atoms with Crippen molar-refractivity contribution in [3.8, 4) is 0 Å². The number of aromatic carboxylic acids is 1. The number of nitrogens with zero attached hydrogens (tertiary/aromatic N) is 2. The number of benzene rings is 1. The van der Waals surface area contributed by atoms with Gasteiger partial charge in [-0.3, -0.25) is 4.79 Å². The summed E-state index contributed by atoms with van der Waals surface area (Å²) in [5.74, 6) is -1.35. The molecule has 0 bridgehead atoms. The van der Waals surface area contributed by atoms with E-state index in [9.17, 15) is 9.59 Å². The first-order chi connectivity index (χ1) is 9.50.